The lowest BCUT2D eigenvalue weighted by Crippen LogP contribution is -2.46. The first-order valence-corrected chi connectivity index (χ1v) is 9.39. The zero-order valence-electron chi connectivity index (χ0n) is 15.4. The summed E-state index contributed by atoms with van der Waals surface area (Å²) < 4.78 is 12.9. The van der Waals surface area contributed by atoms with Gasteiger partial charge in [0.25, 0.3) is 0 Å². The number of amides is 2. The third kappa shape index (κ3) is 6.75. The molecule has 27 heavy (non-hydrogen) atoms. The highest BCUT2D eigenvalue weighted by Gasteiger charge is 2.25. The number of hydrogen-bond acceptors (Lipinski definition) is 4. The van der Waals surface area contributed by atoms with Crippen LogP contribution in [0, 0.1) is 11.7 Å². The van der Waals surface area contributed by atoms with E-state index >= 15 is 0 Å². The van der Waals surface area contributed by atoms with Crippen molar-refractivity contribution in [1.29, 1.82) is 0 Å². The Hall–Kier alpha value is -1.70. The van der Waals surface area contributed by atoms with Gasteiger partial charge in [0.05, 0.1) is 12.6 Å². The van der Waals surface area contributed by atoms with Crippen LogP contribution >= 0.6 is 12.4 Å². The third-order valence-electron chi connectivity index (χ3n) is 5.04. The molecule has 0 saturated carbocycles. The van der Waals surface area contributed by atoms with E-state index in [-0.39, 0.29) is 36.1 Å². The molecule has 150 valence electrons. The molecule has 6 nitrogen and oxygen atoms in total. The van der Waals surface area contributed by atoms with Crippen LogP contribution in [0.15, 0.2) is 24.3 Å². The molecule has 2 aliphatic rings. The number of carbonyl (C=O) groups is 2. The van der Waals surface area contributed by atoms with E-state index in [0.29, 0.717) is 24.7 Å². The molecule has 8 heteroatoms. The molecule has 2 saturated heterocycles. The average Bonchev–Trinajstić information content (AvgIpc) is 3.17. The van der Waals surface area contributed by atoms with E-state index in [2.05, 4.69) is 20.9 Å². The number of benzene rings is 1. The summed E-state index contributed by atoms with van der Waals surface area (Å²) in [4.78, 5) is 26.4. The highest BCUT2D eigenvalue weighted by Crippen LogP contribution is 2.16. The Balaban J connectivity index is 0.00000261. The van der Waals surface area contributed by atoms with Crippen LogP contribution in [0.4, 0.5) is 10.1 Å². The second-order valence-corrected chi connectivity index (χ2v) is 7.19. The zero-order valence-corrected chi connectivity index (χ0v) is 16.2. The van der Waals surface area contributed by atoms with Crippen LogP contribution in [-0.2, 0) is 9.59 Å². The van der Waals surface area contributed by atoms with E-state index in [4.69, 9.17) is 0 Å². The smallest absolute Gasteiger partial charge is 0.238 e. The van der Waals surface area contributed by atoms with E-state index in [1.165, 1.54) is 12.1 Å². The second-order valence-electron chi connectivity index (χ2n) is 7.19. The topological polar surface area (TPSA) is 73.5 Å². The second kappa shape index (κ2) is 10.6. The summed E-state index contributed by atoms with van der Waals surface area (Å²) in [5.41, 5.74) is 0.598. The molecule has 0 aromatic heterocycles. The SMILES string of the molecule is Cl.O=C(CN1CCCC(CNC(=O)C2CCCN2)C1)Nc1ccc(F)cc1. The minimum absolute atomic E-state index is 0. The predicted molar refractivity (Wildman–Crippen MR) is 105 cm³/mol. The number of halogens is 2. The van der Waals surface area contributed by atoms with Crippen LogP contribution in [-0.4, -0.2) is 55.5 Å². The number of piperidine rings is 1. The van der Waals surface area contributed by atoms with Crippen molar-refractivity contribution in [3.63, 3.8) is 0 Å². The lowest BCUT2D eigenvalue weighted by Gasteiger charge is -2.32. The fourth-order valence-electron chi connectivity index (χ4n) is 3.67. The number of hydrogen-bond donors (Lipinski definition) is 3. The van der Waals surface area contributed by atoms with Crippen molar-refractivity contribution in [3.8, 4) is 0 Å². The first-order chi connectivity index (χ1) is 12.6. The lowest BCUT2D eigenvalue weighted by molar-refractivity contribution is -0.123. The van der Waals surface area contributed by atoms with Crippen LogP contribution in [0.2, 0.25) is 0 Å². The summed E-state index contributed by atoms with van der Waals surface area (Å²) in [5, 5.41) is 9.05. The van der Waals surface area contributed by atoms with Crippen LogP contribution in [0.5, 0.6) is 0 Å². The van der Waals surface area contributed by atoms with Gasteiger partial charge in [0, 0.05) is 18.8 Å². The summed E-state index contributed by atoms with van der Waals surface area (Å²) in [5.74, 6) is 0.0366. The number of rotatable bonds is 6. The highest BCUT2D eigenvalue weighted by molar-refractivity contribution is 5.92. The summed E-state index contributed by atoms with van der Waals surface area (Å²) in [6.07, 6.45) is 4.05. The normalized spacial score (nSPS) is 22.7. The van der Waals surface area contributed by atoms with Gasteiger partial charge in [0.1, 0.15) is 5.82 Å². The van der Waals surface area contributed by atoms with Crippen molar-refractivity contribution < 1.29 is 14.0 Å². The van der Waals surface area contributed by atoms with Crippen molar-refractivity contribution in [1.82, 2.24) is 15.5 Å². The van der Waals surface area contributed by atoms with E-state index in [9.17, 15) is 14.0 Å². The van der Waals surface area contributed by atoms with Gasteiger partial charge in [-0.15, -0.1) is 12.4 Å². The van der Waals surface area contributed by atoms with Gasteiger partial charge >= 0.3 is 0 Å². The molecule has 2 atom stereocenters. The van der Waals surface area contributed by atoms with Gasteiger partial charge in [-0.05, 0) is 69.0 Å². The molecule has 0 bridgehead atoms. The number of anilines is 1. The molecule has 1 aromatic rings. The molecule has 1 aromatic carbocycles. The van der Waals surface area contributed by atoms with Gasteiger partial charge in [-0.1, -0.05) is 0 Å². The summed E-state index contributed by atoms with van der Waals surface area (Å²) in [7, 11) is 0. The molecule has 0 radical (unpaired) electrons. The minimum Gasteiger partial charge on any atom is -0.354 e. The number of carbonyl (C=O) groups excluding carboxylic acids is 2. The Kier molecular flexibility index (Phi) is 8.47. The first-order valence-electron chi connectivity index (χ1n) is 9.39. The van der Waals surface area contributed by atoms with Gasteiger partial charge in [0.2, 0.25) is 11.8 Å². The fourth-order valence-corrected chi connectivity index (χ4v) is 3.67. The monoisotopic (exact) mass is 398 g/mol. The zero-order chi connectivity index (χ0) is 18.4. The van der Waals surface area contributed by atoms with Crippen LogP contribution in [0.25, 0.3) is 0 Å². The van der Waals surface area contributed by atoms with Gasteiger partial charge in [-0.3, -0.25) is 14.5 Å². The summed E-state index contributed by atoms with van der Waals surface area (Å²) >= 11 is 0. The van der Waals surface area contributed by atoms with Crippen LogP contribution < -0.4 is 16.0 Å². The van der Waals surface area contributed by atoms with Gasteiger partial charge in [0.15, 0.2) is 0 Å². The third-order valence-corrected chi connectivity index (χ3v) is 5.04. The van der Waals surface area contributed by atoms with Gasteiger partial charge in [-0.25, -0.2) is 4.39 Å². The summed E-state index contributed by atoms with van der Waals surface area (Å²) in [6, 6.07) is 5.72. The Morgan fingerprint density at radius 2 is 1.96 bits per heavy atom. The molecule has 2 aliphatic heterocycles. The molecule has 2 fully saturated rings. The van der Waals surface area contributed by atoms with Crippen molar-refractivity contribution in [2.45, 2.75) is 31.7 Å². The molecule has 3 rings (SSSR count). The van der Waals surface area contributed by atoms with Crippen LogP contribution in [0.1, 0.15) is 25.7 Å². The molecule has 2 unspecified atom stereocenters. The van der Waals surface area contributed by atoms with Crippen molar-refractivity contribution in [2.24, 2.45) is 5.92 Å². The molecular weight excluding hydrogens is 371 g/mol. The summed E-state index contributed by atoms with van der Waals surface area (Å²) in [6.45, 7) is 3.57. The van der Waals surface area contributed by atoms with Crippen molar-refractivity contribution >= 4 is 29.9 Å². The molecule has 0 aliphatic carbocycles. The highest BCUT2D eigenvalue weighted by atomic mass is 35.5. The molecule has 2 heterocycles. The fraction of sp³-hybridized carbons (Fsp3) is 0.579. The Bertz CT molecular complexity index is 623. The number of nitrogens with one attached hydrogen (secondary N) is 3. The molecule has 2 amide bonds. The minimum atomic E-state index is -0.322. The van der Waals surface area contributed by atoms with Crippen LogP contribution in [0.3, 0.4) is 0 Å². The maximum Gasteiger partial charge on any atom is 0.238 e. The molecular formula is C19H28ClFN4O2. The Morgan fingerprint density at radius 1 is 1.19 bits per heavy atom. The maximum atomic E-state index is 12.9. The number of likely N-dealkylation sites (tertiary alicyclic amines) is 1. The van der Waals surface area contributed by atoms with Gasteiger partial charge < -0.3 is 16.0 Å². The quantitative estimate of drug-likeness (QED) is 0.682. The van der Waals surface area contributed by atoms with E-state index in [1.807, 2.05) is 0 Å². The predicted octanol–water partition coefficient (Wildman–Crippen LogP) is 1.77. The first kappa shape index (κ1) is 21.6. The Morgan fingerprint density at radius 3 is 2.67 bits per heavy atom. The largest absolute Gasteiger partial charge is 0.354 e. The number of nitrogens with zero attached hydrogens (tertiary/aromatic N) is 1. The van der Waals surface area contributed by atoms with E-state index in [0.717, 1.165) is 45.3 Å². The lowest BCUT2D eigenvalue weighted by atomic mass is 9.98. The molecule has 3 N–H and O–H groups in total. The Labute approximate surface area is 165 Å². The maximum absolute atomic E-state index is 12.9. The molecule has 0 spiro atoms. The standard InChI is InChI=1S/C19H27FN4O2.ClH/c20-15-5-7-16(8-6-15)23-18(25)13-24-10-2-3-14(12-24)11-22-19(26)17-4-1-9-21-17;/h5-8,14,17,21H,1-4,9-13H2,(H,22,26)(H,23,25);1H. The van der Waals surface area contributed by atoms with E-state index in [1.54, 1.807) is 12.1 Å². The average molecular weight is 399 g/mol. The van der Waals surface area contributed by atoms with Gasteiger partial charge in [-0.2, -0.15) is 0 Å². The van der Waals surface area contributed by atoms with Crippen molar-refractivity contribution in [2.75, 3.05) is 38.0 Å². The van der Waals surface area contributed by atoms with Crippen molar-refractivity contribution in [3.05, 3.63) is 30.1 Å². The van der Waals surface area contributed by atoms with E-state index < -0.39 is 0 Å².